The van der Waals surface area contributed by atoms with Crippen molar-refractivity contribution in [2.45, 2.75) is 19.3 Å². The molecule has 25 heavy (non-hydrogen) atoms. The molecule has 0 spiro atoms. The van der Waals surface area contributed by atoms with Crippen LogP contribution in [0.25, 0.3) is 0 Å². The maximum atomic E-state index is 11.9. The molecule has 5 nitrogen and oxygen atoms in total. The van der Waals surface area contributed by atoms with Gasteiger partial charge in [-0.2, -0.15) is 0 Å². The Labute approximate surface area is 150 Å². The molecule has 3 aromatic rings. The minimum absolute atomic E-state index is 0.0562. The minimum Gasteiger partial charge on any atom is -0.484 e. The number of anilines is 1. The second-order valence-electron chi connectivity index (χ2n) is 5.67. The SMILES string of the molecule is C[C@H](Cc1nnc(NC(=O)COc2ccccc2)s1)c1ccccc1. The number of amides is 1. The number of rotatable bonds is 7. The zero-order valence-corrected chi connectivity index (χ0v) is 14.7. The Kier molecular flexibility index (Phi) is 5.74. The van der Waals surface area contributed by atoms with E-state index in [1.165, 1.54) is 16.9 Å². The average Bonchev–Trinajstić information content (AvgIpc) is 3.08. The molecule has 1 aromatic heterocycles. The number of para-hydroxylation sites is 1. The van der Waals surface area contributed by atoms with E-state index in [1.54, 1.807) is 12.1 Å². The van der Waals surface area contributed by atoms with Crippen molar-refractivity contribution in [2.75, 3.05) is 11.9 Å². The summed E-state index contributed by atoms with van der Waals surface area (Å²) in [6.45, 7) is 2.10. The van der Waals surface area contributed by atoms with Crippen LogP contribution >= 0.6 is 11.3 Å². The van der Waals surface area contributed by atoms with Gasteiger partial charge in [0.05, 0.1) is 0 Å². The number of hydrogen-bond acceptors (Lipinski definition) is 5. The van der Waals surface area contributed by atoms with Crippen LogP contribution in [-0.2, 0) is 11.2 Å². The van der Waals surface area contributed by atoms with Crippen molar-refractivity contribution in [3.63, 3.8) is 0 Å². The summed E-state index contributed by atoms with van der Waals surface area (Å²) in [6, 6.07) is 19.5. The highest BCUT2D eigenvalue weighted by molar-refractivity contribution is 7.15. The molecule has 0 unspecified atom stereocenters. The molecule has 0 saturated heterocycles. The summed E-state index contributed by atoms with van der Waals surface area (Å²) in [7, 11) is 0. The van der Waals surface area contributed by atoms with Crippen LogP contribution in [0.2, 0.25) is 0 Å². The van der Waals surface area contributed by atoms with Gasteiger partial charge in [0, 0.05) is 6.42 Å². The first-order chi connectivity index (χ1) is 12.2. The zero-order valence-electron chi connectivity index (χ0n) is 13.9. The van der Waals surface area contributed by atoms with Gasteiger partial charge in [0.15, 0.2) is 6.61 Å². The van der Waals surface area contributed by atoms with E-state index in [0.29, 0.717) is 16.8 Å². The van der Waals surface area contributed by atoms with E-state index in [9.17, 15) is 4.79 Å². The maximum absolute atomic E-state index is 11.9. The van der Waals surface area contributed by atoms with Gasteiger partial charge in [0.1, 0.15) is 10.8 Å². The van der Waals surface area contributed by atoms with Gasteiger partial charge in [-0.05, 0) is 23.6 Å². The molecule has 1 heterocycles. The van der Waals surface area contributed by atoms with Gasteiger partial charge < -0.3 is 4.74 Å². The predicted octanol–water partition coefficient (Wildman–Crippen LogP) is 3.90. The highest BCUT2D eigenvalue weighted by atomic mass is 32.1. The Balaban J connectivity index is 1.50. The van der Waals surface area contributed by atoms with Gasteiger partial charge >= 0.3 is 0 Å². The lowest BCUT2D eigenvalue weighted by molar-refractivity contribution is -0.118. The molecule has 3 rings (SSSR count). The third-order valence-corrected chi connectivity index (χ3v) is 4.54. The van der Waals surface area contributed by atoms with Crippen LogP contribution in [-0.4, -0.2) is 22.7 Å². The maximum Gasteiger partial charge on any atom is 0.264 e. The quantitative estimate of drug-likeness (QED) is 0.700. The molecule has 0 aliphatic carbocycles. The zero-order chi connectivity index (χ0) is 17.5. The Morgan fingerprint density at radius 2 is 1.76 bits per heavy atom. The first-order valence-electron chi connectivity index (χ1n) is 8.06. The lowest BCUT2D eigenvalue weighted by atomic mass is 9.98. The third-order valence-electron chi connectivity index (χ3n) is 3.68. The highest BCUT2D eigenvalue weighted by Crippen LogP contribution is 2.24. The molecule has 128 valence electrons. The highest BCUT2D eigenvalue weighted by Gasteiger charge is 2.12. The molecule has 1 amide bonds. The minimum atomic E-state index is -0.248. The number of ether oxygens (including phenoxy) is 1. The van der Waals surface area contributed by atoms with Gasteiger partial charge in [-0.25, -0.2) is 0 Å². The van der Waals surface area contributed by atoms with Crippen LogP contribution in [0.1, 0.15) is 23.4 Å². The Morgan fingerprint density at radius 1 is 1.08 bits per heavy atom. The topological polar surface area (TPSA) is 64.1 Å². The molecule has 1 atom stereocenters. The fraction of sp³-hybridized carbons (Fsp3) is 0.211. The predicted molar refractivity (Wildman–Crippen MR) is 99.0 cm³/mol. The summed E-state index contributed by atoms with van der Waals surface area (Å²) in [6.07, 6.45) is 0.790. The summed E-state index contributed by atoms with van der Waals surface area (Å²) >= 11 is 1.40. The van der Waals surface area contributed by atoms with Crippen LogP contribution in [0.4, 0.5) is 5.13 Å². The summed E-state index contributed by atoms with van der Waals surface area (Å²) in [5.41, 5.74) is 1.26. The fourth-order valence-electron chi connectivity index (χ4n) is 2.37. The molecule has 0 aliphatic heterocycles. The Morgan fingerprint density at radius 3 is 2.48 bits per heavy atom. The van der Waals surface area contributed by atoms with Crippen LogP contribution in [0.3, 0.4) is 0 Å². The summed E-state index contributed by atoms with van der Waals surface area (Å²) in [5.74, 6) is 0.758. The van der Waals surface area contributed by atoms with E-state index in [-0.39, 0.29) is 12.5 Å². The number of hydrogen-bond donors (Lipinski definition) is 1. The van der Waals surface area contributed by atoms with Crippen molar-refractivity contribution in [1.29, 1.82) is 0 Å². The summed E-state index contributed by atoms with van der Waals surface area (Å²) in [5, 5.41) is 12.3. The number of carbonyl (C=O) groups excluding carboxylic acids is 1. The lowest BCUT2D eigenvalue weighted by Crippen LogP contribution is -2.20. The lowest BCUT2D eigenvalue weighted by Gasteiger charge is -2.08. The van der Waals surface area contributed by atoms with Crippen LogP contribution in [0, 0.1) is 0 Å². The second-order valence-corrected chi connectivity index (χ2v) is 6.73. The molecule has 2 aromatic carbocycles. The van der Waals surface area contributed by atoms with Crippen LogP contribution in [0.5, 0.6) is 5.75 Å². The molecule has 0 fully saturated rings. The molecule has 0 saturated carbocycles. The Bertz CT molecular complexity index is 806. The smallest absolute Gasteiger partial charge is 0.264 e. The third kappa shape index (κ3) is 5.12. The number of aromatic nitrogens is 2. The molecule has 1 N–H and O–H groups in total. The first-order valence-corrected chi connectivity index (χ1v) is 8.87. The van der Waals surface area contributed by atoms with E-state index in [2.05, 4.69) is 34.6 Å². The standard InChI is InChI=1S/C19H19N3O2S/c1-14(15-8-4-2-5-9-15)12-18-21-22-19(25-18)20-17(23)13-24-16-10-6-3-7-11-16/h2-11,14H,12-13H2,1H3,(H,20,22,23)/t14-/m1/s1. The van der Waals surface area contributed by atoms with Crippen molar-refractivity contribution >= 4 is 22.4 Å². The van der Waals surface area contributed by atoms with Gasteiger partial charge in [0.25, 0.3) is 5.91 Å². The van der Waals surface area contributed by atoms with E-state index in [0.717, 1.165) is 11.4 Å². The van der Waals surface area contributed by atoms with E-state index in [4.69, 9.17) is 4.74 Å². The molecule has 6 heteroatoms. The number of nitrogens with zero attached hydrogens (tertiary/aromatic N) is 2. The number of carbonyl (C=O) groups is 1. The largest absolute Gasteiger partial charge is 0.484 e. The van der Waals surface area contributed by atoms with Gasteiger partial charge in [0.2, 0.25) is 5.13 Å². The normalized spacial score (nSPS) is 11.7. The summed E-state index contributed by atoms with van der Waals surface area (Å²) < 4.78 is 5.41. The van der Waals surface area contributed by atoms with E-state index < -0.39 is 0 Å². The molecular formula is C19H19N3O2S. The monoisotopic (exact) mass is 353 g/mol. The second kappa shape index (κ2) is 8.39. The Hall–Kier alpha value is -2.73. The van der Waals surface area contributed by atoms with E-state index in [1.807, 2.05) is 36.4 Å². The van der Waals surface area contributed by atoms with E-state index >= 15 is 0 Å². The van der Waals surface area contributed by atoms with Crippen molar-refractivity contribution in [1.82, 2.24) is 10.2 Å². The van der Waals surface area contributed by atoms with Gasteiger partial charge in [-0.15, -0.1) is 10.2 Å². The van der Waals surface area contributed by atoms with Crippen molar-refractivity contribution in [3.05, 3.63) is 71.2 Å². The first kappa shape index (κ1) is 17.1. The van der Waals surface area contributed by atoms with Crippen molar-refractivity contribution in [3.8, 4) is 5.75 Å². The average molecular weight is 353 g/mol. The molecule has 0 bridgehead atoms. The molecular weight excluding hydrogens is 334 g/mol. The van der Waals surface area contributed by atoms with Gasteiger partial charge in [-0.1, -0.05) is 66.8 Å². The fourth-order valence-corrected chi connectivity index (χ4v) is 3.25. The summed E-state index contributed by atoms with van der Waals surface area (Å²) in [4.78, 5) is 11.9. The van der Waals surface area contributed by atoms with Gasteiger partial charge in [-0.3, -0.25) is 10.1 Å². The van der Waals surface area contributed by atoms with Crippen molar-refractivity contribution < 1.29 is 9.53 Å². The number of benzene rings is 2. The van der Waals surface area contributed by atoms with Crippen molar-refractivity contribution in [2.24, 2.45) is 0 Å². The molecule has 0 radical (unpaired) electrons. The number of nitrogens with one attached hydrogen (secondary N) is 1. The van der Waals surface area contributed by atoms with Crippen LogP contribution in [0.15, 0.2) is 60.7 Å². The van der Waals surface area contributed by atoms with Crippen LogP contribution < -0.4 is 10.1 Å². The molecule has 0 aliphatic rings.